The Hall–Kier alpha value is -2.68. The summed E-state index contributed by atoms with van der Waals surface area (Å²) in [6, 6.07) is 9.51. The Morgan fingerprint density at radius 1 is 0.789 bits per heavy atom. The van der Waals surface area contributed by atoms with E-state index < -0.39 is 0 Å². The first kappa shape index (κ1) is 12.8. The average molecular weight is 254 g/mol. The SMILES string of the molecule is C=Cc1ccc(O)cc1Oc1cc(O)ccc1C=C. The highest BCUT2D eigenvalue weighted by atomic mass is 16.5. The van der Waals surface area contributed by atoms with Crippen molar-refractivity contribution in [3.63, 3.8) is 0 Å². The molecule has 0 aliphatic rings. The maximum absolute atomic E-state index is 9.51. The van der Waals surface area contributed by atoms with Crippen molar-refractivity contribution in [3.8, 4) is 23.0 Å². The van der Waals surface area contributed by atoms with Crippen molar-refractivity contribution in [1.82, 2.24) is 0 Å². The summed E-state index contributed by atoms with van der Waals surface area (Å²) >= 11 is 0. The van der Waals surface area contributed by atoms with E-state index in [0.29, 0.717) is 11.5 Å². The molecule has 0 saturated carbocycles. The maximum atomic E-state index is 9.51. The summed E-state index contributed by atoms with van der Waals surface area (Å²) in [7, 11) is 0. The molecule has 0 saturated heterocycles. The number of rotatable bonds is 4. The Balaban J connectivity index is 2.46. The Morgan fingerprint density at radius 3 is 1.58 bits per heavy atom. The molecule has 0 aromatic heterocycles. The minimum Gasteiger partial charge on any atom is -0.508 e. The van der Waals surface area contributed by atoms with Crippen LogP contribution >= 0.6 is 0 Å². The van der Waals surface area contributed by atoms with Gasteiger partial charge in [-0.1, -0.05) is 25.3 Å². The van der Waals surface area contributed by atoms with E-state index >= 15 is 0 Å². The van der Waals surface area contributed by atoms with Crippen LogP contribution in [0, 0.1) is 0 Å². The van der Waals surface area contributed by atoms with E-state index in [1.165, 1.54) is 12.1 Å². The van der Waals surface area contributed by atoms with Crippen molar-refractivity contribution >= 4 is 12.2 Å². The molecule has 0 radical (unpaired) electrons. The first-order chi connectivity index (χ1) is 9.13. The number of phenols is 2. The maximum Gasteiger partial charge on any atom is 0.138 e. The van der Waals surface area contributed by atoms with Crippen LogP contribution in [0.2, 0.25) is 0 Å². The lowest BCUT2D eigenvalue weighted by molar-refractivity contribution is 0.445. The molecular formula is C16H14O3. The molecule has 2 rings (SSSR count). The zero-order valence-corrected chi connectivity index (χ0v) is 10.3. The first-order valence-corrected chi connectivity index (χ1v) is 5.73. The lowest BCUT2D eigenvalue weighted by atomic mass is 10.1. The smallest absolute Gasteiger partial charge is 0.138 e. The van der Waals surface area contributed by atoms with Gasteiger partial charge in [0.1, 0.15) is 23.0 Å². The molecule has 0 heterocycles. The fraction of sp³-hybridized carbons (Fsp3) is 0. The van der Waals surface area contributed by atoms with Gasteiger partial charge >= 0.3 is 0 Å². The van der Waals surface area contributed by atoms with Gasteiger partial charge in [-0.05, 0) is 24.3 Å². The van der Waals surface area contributed by atoms with E-state index in [4.69, 9.17) is 4.74 Å². The third kappa shape index (κ3) is 2.77. The summed E-state index contributed by atoms with van der Waals surface area (Å²) in [6.07, 6.45) is 3.26. The molecule has 0 atom stereocenters. The van der Waals surface area contributed by atoms with Gasteiger partial charge in [0, 0.05) is 23.3 Å². The highest BCUT2D eigenvalue weighted by molar-refractivity contribution is 5.62. The van der Waals surface area contributed by atoms with Crippen molar-refractivity contribution < 1.29 is 14.9 Å². The van der Waals surface area contributed by atoms with Crippen molar-refractivity contribution in [2.75, 3.05) is 0 Å². The summed E-state index contributed by atoms with van der Waals surface area (Å²) in [5, 5.41) is 19.0. The van der Waals surface area contributed by atoms with Gasteiger partial charge in [-0.3, -0.25) is 0 Å². The minimum atomic E-state index is 0.0981. The standard InChI is InChI=1S/C16H14O3/c1-3-11-5-7-13(17)9-15(11)19-16-10-14(18)8-6-12(16)4-2/h3-10,17-18H,1-2H2. The molecule has 96 valence electrons. The average Bonchev–Trinajstić information content (AvgIpc) is 2.39. The molecule has 19 heavy (non-hydrogen) atoms. The Kier molecular flexibility index (Phi) is 3.57. The van der Waals surface area contributed by atoms with Crippen LogP contribution in [0.4, 0.5) is 0 Å². The highest BCUT2D eigenvalue weighted by Crippen LogP contribution is 2.33. The van der Waals surface area contributed by atoms with Gasteiger partial charge in [0.25, 0.3) is 0 Å². The second kappa shape index (κ2) is 5.31. The zero-order valence-electron chi connectivity index (χ0n) is 10.3. The molecular weight excluding hydrogens is 240 g/mol. The number of hydrogen-bond acceptors (Lipinski definition) is 3. The van der Waals surface area contributed by atoms with Crippen LogP contribution in [0.3, 0.4) is 0 Å². The lowest BCUT2D eigenvalue weighted by Gasteiger charge is -2.12. The summed E-state index contributed by atoms with van der Waals surface area (Å²) in [4.78, 5) is 0. The van der Waals surface area contributed by atoms with E-state index in [-0.39, 0.29) is 11.5 Å². The third-order valence-electron chi connectivity index (χ3n) is 2.65. The lowest BCUT2D eigenvalue weighted by Crippen LogP contribution is -1.90. The molecule has 3 heteroatoms. The van der Waals surface area contributed by atoms with Crippen LogP contribution in [0.15, 0.2) is 49.6 Å². The molecule has 0 aliphatic heterocycles. The van der Waals surface area contributed by atoms with Crippen molar-refractivity contribution in [2.24, 2.45) is 0 Å². The van der Waals surface area contributed by atoms with E-state index in [9.17, 15) is 10.2 Å². The summed E-state index contributed by atoms with van der Waals surface area (Å²) < 4.78 is 5.72. The molecule has 0 spiro atoms. The van der Waals surface area contributed by atoms with Crippen LogP contribution in [-0.4, -0.2) is 10.2 Å². The van der Waals surface area contributed by atoms with Gasteiger partial charge in [0.2, 0.25) is 0 Å². The van der Waals surface area contributed by atoms with Crippen LogP contribution in [-0.2, 0) is 0 Å². The van der Waals surface area contributed by atoms with Crippen LogP contribution < -0.4 is 4.74 Å². The van der Waals surface area contributed by atoms with Gasteiger partial charge in [-0.2, -0.15) is 0 Å². The molecule has 2 N–H and O–H groups in total. The Bertz CT molecular complexity index is 574. The van der Waals surface area contributed by atoms with Gasteiger partial charge in [-0.15, -0.1) is 0 Å². The minimum absolute atomic E-state index is 0.0981. The summed E-state index contributed by atoms with van der Waals surface area (Å²) in [5.41, 5.74) is 1.49. The molecule has 2 aromatic rings. The number of aromatic hydroxyl groups is 2. The quantitative estimate of drug-likeness (QED) is 0.860. The fourth-order valence-corrected chi connectivity index (χ4v) is 1.68. The molecule has 0 amide bonds. The number of ether oxygens (including phenoxy) is 1. The molecule has 0 unspecified atom stereocenters. The summed E-state index contributed by atoms with van der Waals surface area (Å²) in [5.74, 6) is 1.12. The van der Waals surface area contributed by atoms with Crippen LogP contribution in [0.5, 0.6) is 23.0 Å². The van der Waals surface area contributed by atoms with Crippen molar-refractivity contribution in [2.45, 2.75) is 0 Å². The molecule has 0 aliphatic carbocycles. The fourth-order valence-electron chi connectivity index (χ4n) is 1.68. The molecule has 3 nitrogen and oxygen atoms in total. The first-order valence-electron chi connectivity index (χ1n) is 5.73. The van der Waals surface area contributed by atoms with Crippen LogP contribution in [0.1, 0.15) is 11.1 Å². The second-order valence-electron chi connectivity index (χ2n) is 3.95. The third-order valence-corrected chi connectivity index (χ3v) is 2.65. The number of phenolic OH excluding ortho intramolecular Hbond substituents is 2. The largest absolute Gasteiger partial charge is 0.508 e. The topological polar surface area (TPSA) is 49.7 Å². The predicted octanol–water partition coefficient (Wildman–Crippen LogP) is 4.18. The van der Waals surface area contributed by atoms with Gasteiger partial charge in [-0.25, -0.2) is 0 Å². The van der Waals surface area contributed by atoms with E-state index in [2.05, 4.69) is 13.2 Å². The second-order valence-corrected chi connectivity index (χ2v) is 3.95. The van der Waals surface area contributed by atoms with Gasteiger partial charge < -0.3 is 14.9 Å². The Morgan fingerprint density at radius 2 is 1.21 bits per heavy atom. The highest BCUT2D eigenvalue weighted by Gasteiger charge is 2.08. The van der Waals surface area contributed by atoms with Crippen molar-refractivity contribution in [3.05, 3.63) is 60.7 Å². The Labute approximate surface area is 111 Å². The van der Waals surface area contributed by atoms with E-state index in [0.717, 1.165) is 11.1 Å². The molecule has 0 fully saturated rings. The number of benzene rings is 2. The zero-order chi connectivity index (χ0) is 13.8. The molecule has 0 bridgehead atoms. The van der Waals surface area contributed by atoms with Crippen LogP contribution in [0.25, 0.3) is 12.2 Å². The van der Waals surface area contributed by atoms with Crippen molar-refractivity contribution in [1.29, 1.82) is 0 Å². The van der Waals surface area contributed by atoms with E-state index in [1.807, 2.05) is 0 Å². The molecule has 2 aromatic carbocycles. The normalized spacial score (nSPS) is 9.89. The monoisotopic (exact) mass is 254 g/mol. The van der Waals surface area contributed by atoms with E-state index in [1.54, 1.807) is 36.4 Å². The summed E-state index contributed by atoms with van der Waals surface area (Å²) in [6.45, 7) is 7.38. The van der Waals surface area contributed by atoms with Gasteiger partial charge in [0.15, 0.2) is 0 Å². The number of hydrogen-bond donors (Lipinski definition) is 2. The van der Waals surface area contributed by atoms with Gasteiger partial charge in [0.05, 0.1) is 0 Å². The predicted molar refractivity (Wildman–Crippen MR) is 76.5 cm³/mol.